The summed E-state index contributed by atoms with van der Waals surface area (Å²) in [5.74, 6) is 0.0123. The van der Waals surface area contributed by atoms with Crippen LogP contribution in [0.3, 0.4) is 0 Å². The zero-order valence-electron chi connectivity index (χ0n) is 6.91. The van der Waals surface area contributed by atoms with Crippen LogP contribution in [0, 0.1) is 0 Å². The topological polar surface area (TPSA) is 34.1 Å². The van der Waals surface area contributed by atoms with Crippen molar-refractivity contribution in [1.82, 2.24) is 0 Å². The maximum atomic E-state index is 11.2. The summed E-state index contributed by atoms with van der Waals surface area (Å²) in [6.45, 7) is 1.48. The lowest BCUT2D eigenvalue weighted by Crippen LogP contribution is -2.08. The molecule has 0 aliphatic heterocycles. The van der Waals surface area contributed by atoms with E-state index < -0.39 is 0 Å². The minimum absolute atomic E-state index is 0.0123. The summed E-state index contributed by atoms with van der Waals surface area (Å²) >= 11 is 0. The lowest BCUT2D eigenvalue weighted by Gasteiger charge is -1.89. The molecule has 0 amide bonds. The standard InChI is InChI=1S/C10H10O2/c1-8(11)7-9-5-3-2-4-6-10(9)12/h2-6H,7H2,1H3. The van der Waals surface area contributed by atoms with Gasteiger partial charge in [-0.25, -0.2) is 0 Å². The molecule has 0 N–H and O–H groups in total. The van der Waals surface area contributed by atoms with Crippen molar-refractivity contribution < 1.29 is 4.79 Å². The maximum absolute atomic E-state index is 11.2. The zero-order chi connectivity index (χ0) is 8.97. The first-order chi connectivity index (χ1) is 5.70. The molecule has 0 spiro atoms. The summed E-state index contributed by atoms with van der Waals surface area (Å²) in [6, 6.07) is 8.36. The number of ketones is 1. The van der Waals surface area contributed by atoms with E-state index in [4.69, 9.17) is 0 Å². The molecule has 2 heteroatoms. The highest BCUT2D eigenvalue weighted by Gasteiger charge is 1.98. The summed E-state index contributed by atoms with van der Waals surface area (Å²) in [6.07, 6.45) is 0.230. The highest BCUT2D eigenvalue weighted by Crippen LogP contribution is 1.92. The van der Waals surface area contributed by atoms with Gasteiger partial charge in [0.25, 0.3) is 0 Å². The van der Waals surface area contributed by atoms with E-state index in [1.807, 2.05) is 0 Å². The fraction of sp³-hybridized carbons (Fsp3) is 0.200. The van der Waals surface area contributed by atoms with E-state index in [2.05, 4.69) is 0 Å². The van der Waals surface area contributed by atoms with Crippen molar-refractivity contribution in [2.45, 2.75) is 13.3 Å². The number of Topliss-reactive ketones (excluding diaryl/α,β-unsaturated/α-hetero) is 1. The van der Waals surface area contributed by atoms with Gasteiger partial charge in [0.2, 0.25) is 0 Å². The lowest BCUT2D eigenvalue weighted by atomic mass is 10.1. The molecule has 0 heterocycles. The second-order valence-electron chi connectivity index (χ2n) is 2.68. The molecule has 0 aliphatic rings. The van der Waals surface area contributed by atoms with Gasteiger partial charge in [0, 0.05) is 12.0 Å². The van der Waals surface area contributed by atoms with Gasteiger partial charge in [0.1, 0.15) is 5.78 Å². The molecule has 0 atom stereocenters. The molecular weight excluding hydrogens is 152 g/mol. The summed E-state index contributed by atoms with van der Waals surface area (Å²) in [4.78, 5) is 21.9. The van der Waals surface area contributed by atoms with Crippen LogP contribution in [0.1, 0.15) is 12.5 Å². The smallest absolute Gasteiger partial charge is 0.182 e. The van der Waals surface area contributed by atoms with E-state index in [0.717, 1.165) is 0 Å². The Morgan fingerprint density at radius 3 is 2.58 bits per heavy atom. The summed E-state index contributed by atoms with van der Waals surface area (Å²) in [7, 11) is 0. The molecule has 0 bridgehead atoms. The molecule has 62 valence electrons. The number of rotatable bonds is 2. The second-order valence-corrected chi connectivity index (χ2v) is 2.68. The summed E-state index contributed by atoms with van der Waals surface area (Å²) in [5, 5.41) is 0. The Bertz CT molecular complexity index is 342. The average molecular weight is 162 g/mol. The van der Waals surface area contributed by atoms with Crippen molar-refractivity contribution in [3.8, 4) is 0 Å². The van der Waals surface area contributed by atoms with E-state index in [-0.39, 0.29) is 17.6 Å². The van der Waals surface area contributed by atoms with Crippen molar-refractivity contribution >= 4 is 5.78 Å². The fourth-order valence-corrected chi connectivity index (χ4v) is 0.982. The van der Waals surface area contributed by atoms with Crippen LogP contribution in [0.4, 0.5) is 0 Å². The quantitative estimate of drug-likeness (QED) is 0.654. The van der Waals surface area contributed by atoms with Crippen molar-refractivity contribution in [1.29, 1.82) is 0 Å². The summed E-state index contributed by atoms with van der Waals surface area (Å²) < 4.78 is 0. The van der Waals surface area contributed by atoms with Crippen LogP contribution in [0.15, 0.2) is 35.1 Å². The van der Waals surface area contributed by atoms with E-state index in [9.17, 15) is 9.59 Å². The Labute approximate surface area is 70.9 Å². The predicted molar refractivity (Wildman–Crippen MR) is 47.1 cm³/mol. The van der Waals surface area contributed by atoms with Gasteiger partial charge in [-0.2, -0.15) is 0 Å². The van der Waals surface area contributed by atoms with Crippen molar-refractivity contribution in [3.63, 3.8) is 0 Å². The van der Waals surface area contributed by atoms with Crippen molar-refractivity contribution in [2.75, 3.05) is 0 Å². The SMILES string of the molecule is CC(=O)Cc1cccccc1=O. The van der Waals surface area contributed by atoms with Gasteiger partial charge in [0.05, 0.1) is 0 Å². The molecule has 0 fully saturated rings. The van der Waals surface area contributed by atoms with Crippen molar-refractivity contribution in [3.05, 3.63) is 46.1 Å². The third-order valence-corrected chi connectivity index (χ3v) is 1.52. The monoisotopic (exact) mass is 162 g/mol. The highest BCUT2D eigenvalue weighted by atomic mass is 16.1. The molecule has 0 radical (unpaired) electrons. The van der Waals surface area contributed by atoms with E-state index in [1.165, 1.54) is 13.0 Å². The molecule has 0 aliphatic carbocycles. The van der Waals surface area contributed by atoms with Gasteiger partial charge >= 0.3 is 0 Å². The molecule has 0 saturated heterocycles. The number of carbonyl (C=O) groups excluding carboxylic acids is 1. The van der Waals surface area contributed by atoms with Crippen LogP contribution in [0.25, 0.3) is 0 Å². The number of hydrogen-bond acceptors (Lipinski definition) is 2. The zero-order valence-corrected chi connectivity index (χ0v) is 6.91. The van der Waals surface area contributed by atoms with Crippen LogP contribution in [0.2, 0.25) is 0 Å². The Balaban J connectivity index is 3.09. The Kier molecular flexibility index (Phi) is 2.75. The fourth-order valence-electron chi connectivity index (χ4n) is 0.982. The molecule has 1 aromatic carbocycles. The van der Waals surface area contributed by atoms with Gasteiger partial charge in [-0.3, -0.25) is 9.59 Å². The van der Waals surface area contributed by atoms with E-state index in [0.29, 0.717) is 5.56 Å². The Morgan fingerprint density at radius 2 is 1.92 bits per heavy atom. The van der Waals surface area contributed by atoms with Crippen LogP contribution >= 0.6 is 0 Å². The van der Waals surface area contributed by atoms with E-state index >= 15 is 0 Å². The van der Waals surface area contributed by atoms with Crippen molar-refractivity contribution in [2.24, 2.45) is 0 Å². The van der Waals surface area contributed by atoms with Crippen LogP contribution < -0.4 is 5.43 Å². The average Bonchev–Trinajstić information content (AvgIpc) is 2.16. The molecule has 0 aromatic heterocycles. The molecule has 12 heavy (non-hydrogen) atoms. The van der Waals surface area contributed by atoms with Gasteiger partial charge in [0.15, 0.2) is 5.43 Å². The van der Waals surface area contributed by atoms with Crippen LogP contribution in [-0.4, -0.2) is 5.78 Å². The third-order valence-electron chi connectivity index (χ3n) is 1.52. The molecule has 0 unspecified atom stereocenters. The Morgan fingerprint density at radius 1 is 1.25 bits per heavy atom. The molecule has 0 saturated carbocycles. The first kappa shape index (κ1) is 8.65. The van der Waals surface area contributed by atoms with Gasteiger partial charge in [-0.15, -0.1) is 0 Å². The first-order valence-electron chi connectivity index (χ1n) is 3.78. The lowest BCUT2D eigenvalue weighted by molar-refractivity contribution is -0.116. The highest BCUT2D eigenvalue weighted by molar-refractivity contribution is 5.78. The number of hydrogen-bond donors (Lipinski definition) is 0. The number of carbonyl (C=O) groups is 1. The normalized spacial score (nSPS) is 9.42. The van der Waals surface area contributed by atoms with E-state index in [1.54, 1.807) is 24.3 Å². The molecular formula is C10H10O2. The van der Waals surface area contributed by atoms with Crippen LogP contribution in [0.5, 0.6) is 0 Å². The third kappa shape index (κ3) is 2.31. The molecule has 1 rings (SSSR count). The molecule has 1 aromatic rings. The maximum Gasteiger partial charge on any atom is 0.182 e. The van der Waals surface area contributed by atoms with Crippen LogP contribution in [-0.2, 0) is 11.2 Å². The predicted octanol–water partition coefficient (Wildman–Crippen LogP) is 1.18. The first-order valence-corrected chi connectivity index (χ1v) is 3.78. The Hall–Kier alpha value is -1.44. The largest absolute Gasteiger partial charge is 0.300 e. The minimum atomic E-state index is -0.0739. The van der Waals surface area contributed by atoms with Gasteiger partial charge in [-0.05, 0) is 13.0 Å². The minimum Gasteiger partial charge on any atom is -0.300 e. The van der Waals surface area contributed by atoms with Gasteiger partial charge < -0.3 is 0 Å². The second kappa shape index (κ2) is 3.81. The summed E-state index contributed by atoms with van der Waals surface area (Å²) in [5.41, 5.74) is 0.489. The molecule has 2 nitrogen and oxygen atoms in total. The van der Waals surface area contributed by atoms with Gasteiger partial charge in [-0.1, -0.05) is 24.3 Å².